The van der Waals surface area contributed by atoms with Gasteiger partial charge in [0.1, 0.15) is 5.60 Å². The first kappa shape index (κ1) is 17.2. The van der Waals surface area contributed by atoms with Gasteiger partial charge < -0.3 is 9.14 Å². The topological polar surface area (TPSA) is 42.7 Å². The average Bonchev–Trinajstić information content (AvgIpc) is 3.10. The van der Waals surface area contributed by atoms with E-state index in [0.29, 0.717) is 5.69 Å². The summed E-state index contributed by atoms with van der Waals surface area (Å²) in [5, 5.41) is 3.96. The Morgan fingerprint density at radius 3 is 2.37 bits per heavy atom. The van der Waals surface area contributed by atoms with Crippen LogP contribution in [0.25, 0.3) is 27.5 Å². The maximum absolute atomic E-state index is 11.9. The molecule has 0 spiro atoms. The average molecular weight is 358 g/mol. The highest BCUT2D eigenvalue weighted by atomic mass is 16.6. The molecule has 0 saturated heterocycles. The van der Waals surface area contributed by atoms with Crippen LogP contribution in [-0.4, -0.2) is 16.1 Å². The van der Waals surface area contributed by atoms with Gasteiger partial charge in [-0.3, -0.25) is 5.32 Å². The fourth-order valence-electron chi connectivity index (χ4n) is 3.25. The second-order valence-electron chi connectivity index (χ2n) is 7.58. The van der Waals surface area contributed by atoms with Crippen molar-refractivity contribution >= 4 is 28.2 Å². The molecular formula is C23H22N2O2. The number of ether oxygens (including phenoxy) is 1. The first-order chi connectivity index (χ1) is 12.9. The number of nitrogens with one attached hydrogen (secondary N) is 1. The van der Waals surface area contributed by atoms with Gasteiger partial charge in [0.2, 0.25) is 0 Å². The highest BCUT2D eigenvalue weighted by molar-refractivity contribution is 5.93. The summed E-state index contributed by atoms with van der Waals surface area (Å²) in [7, 11) is 0. The van der Waals surface area contributed by atoms with Crippen molar-refractivity contribution in [2.75, 3.05) is 5.32 Å². The molecule has 0 saturated carbocycles. The predicted molar refractivity (Wildman–Crippen MR) is 110 cm³/mol. The molecule has 0 unspecified atom stereocenters. The number of carbonyl (C=O) groups excluding carboxylic acids is 1. The molecule has 0 bridgehead atoms. The van der Waals surface area contributed by atoms with E-state index in [2.05, 4.69) is 58.4 Å². The van der Waals surface area contributed by atoms with Crippen molar-refractivity contribution in [3.63, 3.8) is 0 Å². The predicted octanol–water partition coefficient (Wildman–Crippen LogP) is 6.11. The summed E-state index contributed by atoms with van der Waals surface area (Å²) in [5.74, 6) is 0. The van der Waals surface area contributed by atoms with Crippen LogP contribution in [0.2, 0.25) is 0 Å². The van der Waals surface area contributed by atoms with E-state index in [1.807, 2.05) is 45.0 Å². The molecule has 4 rings (SSSR count). The highest BCUT2D eigenvalue weighted by Gasteiger charge is 2.16. The lowest BCUT2D eigenvalue weighted by Crippen LogP contribution is -2.27. The van der Waals surface area contributed by atoms with E-state index in [-0.39, 0.29) is 0 Å². The zero-order chi connectivity index (χ0) is 19.0. The number of nitrogens with zero attached hydrogens (tertiary/aromatic N) is 1. The molecule has 2 aromatic heterocycles. The van der Waals surface area contributed by atoms with Crippen LogP contribution in [0.5, 0.6) is 0 Å². The third kappa shape index (κ3) is 3.51. The molecule has 0 fully saturated rings. The van der Waals surface area contributed by atoms with Crippen LogP contribution in [0, 0.1) is 0 Å². The third-order valence-electron chi connectivity index (χ3n) is 4.36. The van der Waals surface area contributed by atoms with E-state index in [1.54, 1.807) is 0 Å². The van der Waals surface area contributed by atoms with Crippen LogP contribution < -0.4 is 5.32 Å². The molecule has 27 heavy (non-hydrogen) atoms. The zero-order valence-corrected chi connectivity index (χ0v) is 15.7. The summed E-state index contributed by atoms with van der Waals surface area (Å²) in [4.78, 5) is 11.9. The number of hydrogen-bond acceptors (Lipinski definition) is 2. The molecular weight excluding hydrogens is 336 g/mol. The number of hydrogen-bond donors (Lipinski definition) is 1. The summed E-state index contributed by atoms with van der Waals surface area (Å²) in [6.45, 7) is 5.54. The lowest BCUT2D eigenvalue weighted by atomic mass is 10.0. The van der Waals surface area contributed by atoms with Crippen molar-refractivity contribution in [3.05, 3.63) is 72.9 Å². The smallest absolute Gasteiger partial charge is 0.412 e. The molecule has 0 atom stereocenters. The first-order valence-corrected chi connectivity index (χ1v) is 9.00. The fraction of sp³-hybridized carbons (Fsp3) is 0.174. The lowest BCUT2D eigenvalue weighted by molar-refractivity contribution is 0.0636. The van der Waals surface area contributed by atoms with Crippen molar-refractivity contribution < 1.29 is 9.53 Å². The molecule has 4 heteroatoms. The van der Waals surface area contributed by atoms with Crippen LogP contribution in [0.3, 0.4) is 0 Å². The Labute approximate surface area is 158 Å². The van der Waals surface area contributed by atoms with Gasteiger partial charge in [-0.1, -0.05) is 30.3 Å². The summed E-state index contributed by atoms with van der Waals surface area (Å²) in [6.07, 6.45) is 1.63. The number of amides is 1. The number of anilines is 1. The minimum absolute atomic E-state index is 0.449. The van der Waals surface area contributed by atoms with Crippen molar-refractivity contribution in [2.24, 2.45) is 0 Å². The Morgan fingerprint density at radius 2 is 1.63 bits per heavy atom. The van der Waals surface area contributed by atoms with Gasteiger partial charge in [0.05, 0.1) is 11.0 Å². The Balaban J connectivity index is 1.68. The van der Waals surface area contributed by atoms with Gasteiger partial charge in [-0.15, -0.1) is 0 Å². The third-order valence-corrected chi connectivity index (χ3v) is 4.36. The molecule has 0 aliphatic rings. The molecule has 0 radical (unpaired) electrons. The largest absolute Gasteiger partial charge is 0.444 e. The van der Waals surface area contributed by atoms with Crippen LogP contribution in [0.4, 0.5) is 10.5 Å². The van der Waals surface area contributed by atoms with Crippen molar-refractivity contribution in [3.8, 4) is 11.1 Å². The Kier molecular flexibility index (Phi) is 4.11. The molecule has 2 aromatic carbocycles. The second kappa shape index (κ2) is 6.47. The quantitative estimate of drug-likeness (QED) is 0.470. The van der Waals surface area contributed by atoms with Crippen LogP contribution in [0.1, 0.15) is 20.8 Å². The molecule has 0 aliphatic heterocycles. The number of aromatic nitrogens is 1. The summed E-state index contributed by atoms with van der Waals surface area (Å²) < 4.78 is 7.50. The van der Waals surface area contributed by atoms with Gasteiger partial charge in [0.15, 0.2) is 0 Å². The Hall–Kier alpha value is -3.27. The van der Waals surface area contributed by atoms with Gasteiger partial charge in [-0.2, -0.15) is 0 Å². The molecule has 2 heterocycles. The SMILES string of the molecule is CC(C)(C)OC(=O)Nc1ccc(-c2cc3ccccc3n3cccc23)cc1. The van der Waals surface area contributed by atoms with E-state index in [4.69, 9.17) is 4.74 Å². The van der Waals surface area contributed by atoms with Crippen molar-refractivity contribution in [1.29, 1.82) is 0 Å². The molecule has 1 N–H and O–H groups in total. The summed E-state index contributed by atoms with van der Waals surface area (Å²) in [6, 6.07) is 22.6. The van der Waals surface area contributed by atoms with E-state index >= 15 is 0 Å². The van der Waals surface area contributed by atoms with Gasteiger partial charge in [0, 0.05) is 17.4 Å². The standard InChI is InChI=1S/C23H22N2O2/c1-23(2,3)27-22(26)24-18-12-10-16(11-13-18)19-15-17-7-4-5-8-20(17)25-14-6-9-21(19)25/h4-15H,1-3H3,(H,24,26). The number of fused-ring (bicyclic) bond motifs is 3. The minimum Gasteiger partial charge on any atom is -0.444 e. The van der Waals surface area contributed by atoms with Gasteiger partial charge >= 0.3 is 6.09 Å². The number of para-hydroxylation sites is 1. The monoisotopic (exact) mass is 358 g/mol. The fourth-order valence-corrected chi connectivity index (χ4v) is 3.25. The molecule has 136 valence electrons. The number of benzene rings is 2. The Morgan fingerprint density at radius 1 is 0.926 bits per heavy atom. The van der Waals surface area contributed by atoms with Crippen LogP contribution in [-0.2, 0) is 4.74 Å². The van der Waals surface area contributed by atoms with E-state index in [9.17, 15) is 4.79 Å². The molecule has 1 amide bonds. The van der Waals surface area contributed by atoms with Crippen molar-refractivity contribution in [2.45, 2.75) is 26.4 Å². The molecule has 0 aliphatic carbocycles. The van der Waals surface area contributed by atoms with Gasteiger partial charge in [0.25, 0.3) is 0 Å². The van der Waals surface area contributed by atoms with Crippen LogP contribution in [0.15, 0.2) is 72.9 Å². The second-order valence-corrected chi connectivity index (χ2v) is 7.58. The van der Waals surface area contributed by atoms with Gasteiger partial charge in [-0.25, -0.2) is 4.79 Å². The number of pyridine rings is 1. The van der Waals surface area contributed by atoms with Gasteiger partial charge in [-0.05, 0) is 68.1 Å². The van der Waals surface area contributed by atoms with Crippen LogP contribution >= 0.6 is 0 Å². The first-order valence-electron chi connectivity index (χ1n) is 9.00. The van der Waals surface area contributed by atoms with Crippen molar-refractivity contribution in [1.82, 2.24) is 4.40 Å². The lowest BCUT2D eigenvalue weighted by Gasteiger charge is -2.19. The number of rotatable bonds is 2. The molecule has 4 nitrogen and oxygen atoms in total. The maximum atomic E-state index is 11.9. The summed E-state index contributed by atoms with van der Waals surface area (Å²) in [5.41, 5.74) is 4.78. The summed E-state index contributed by atoms with van der Waals surface area (Å²) >= 11 is 0. The van der Waals surface area contributed by atoms with E-state index in [1.165, 1.54) is 10.9 Å². The van der Waals surface area contributed by atoms with E-state index < -0.39 is 11.7 Å². The minimum atomic E-state index is -0.518. The Bertz CT molecular complexity index is 1120. The number of carbonyl (C=O) groups is 1. The maximum Gasteiger partial charge on any atom is 0.412 e. The normalized spacial score (nSPS) is 11.7. The zero-order valence-electron chi connectivity index (χ0n) is 15.7. The molecule has 4 aromatic rings. The van der Waals surface area contributed by atoms with E-state index in [0.717, 1.165) is 16.6 Å². The highest BCUT2D eigenvalue weighted by Crippen LogP contribution is 2.30.